The molecule has 0 aliphatic heterocycles. The molecule has 0 radical (unpaired) electrons. The van der Waals surface area contributed by atoms with E-state index in [1.54, 1.807) is 12.1 Å². The van der Waals surface area contributed by atoms with Crippen LogP contribution in [0.3, 0.4) is 0 Å². The van der Waals surface area contributed by atoms with E-state index in [4.69, 9.17) is 39.5 Å². The van der Waals surface area contributed by atoms with E-state index >= 15 is 0 Å². The smallest absolute Gasteiger partial charge is 0.142 e. The maximum Gasteiger partial charge on any atom is 0.142 e. The topological polar surface area (TPSA) is 9.23 Å². The number of hydrogen-bond donors (Lipinski definition) is 0. The van der Waals surface area contributed by atoms with Crippen LogP contribution in [-0.2, 0) is 12.5 Å². The fourth-order valence-corrected chi connectivity index (χ4v) is 2.82. The van der Waals surface area contributed by atoms with Crippen LogP contribution in [0.5, 0.6) is 5.75 Å². The van der Waals surface area contributed by atoms with Crippen molar-refractivity contribution in [1.82, 2.24) is 0 Å². The lowest BCUT2D eigenvalue weighted by Gasteiger charge is -2.13. The summed E-state index contributed by atoms with van der Waals surface area (Å²) in [5, 5.41) is 1.04. The van der Waals surface area contributed by atoms with Gasteiger partial charge in [-0.05, 0) is 29.2 Å². The molecule has 0 N–H and O–H groups in total. The van der Waals surface area contributed by atoms with Crippen LogP contribution >= 0.6 is 34.8 Å². The molecule has 2 rings (SSSR count). The van der Waals surface area contributed by atoms with E-state index in [-0.39, 0.29) is 0 Å². The molecular weight excluding hydrogens is 327 g/mol. The first kappa shape index (κ1) is 16.5. The summed E-state index contributed by atoms with van der Waals surface area (Å²) in [6.45, 7) is 4.79. The maximum absolute atomic E-state index is 6.18. The van der Waals surface area contributed by atoms with E-state index in [1.807, 2.05) is 0 Å². The Balaban J connectivity index is 2.13. The first-order chi connectivity index (χ1) is 10.0. The van der Waals surface area contributed by atoms with Gasteiger partial charge < -0.3 is 4.74 Å². The lowest BCUT2D eigenvalue weighted by molar-refractivity contribution is 0.304. The molecule has 0 amide bonds. The van der Waals surface area contributed by atoms with Crippen molar-refractivity contribution in [3.63, 3.8) is 0 Å². The van der Waals surface area contributed by atoms with Crippen LogP contribution in [0.2, 0.25) is 10.0 Å². The summed E-state index contributed by atoms with van der Waals surface area (Å²) < 4.78 is 5.83. The zero-order valence-corrected chi connectivity index (χ0v) is 14.3. The van der Waals surface area contributed by atoms with Crippen molar-refractivity contribution in [1.29, 1.82) is 0 Å². The molecule has 21 heavy (non-hydrogen) atoms. The lowest BCUT2D eigenvalue weighted by Crippen LogP contribution is -1.99. The molecule has 0 unspecified atom stereocenters. The quantitative estimate of drug-likeness (QED) is 0.568. The monoisotopic (exact) mass is 342 g/mol. The minimum atomic E-state index is 0.307. The SMILES string of the molecule is CC(C)c1ccc(COc2c(Cl)cc(Cl)cc2CCl)cc1. The van der Waals surface area contributed by atoms with Crippen LogP contribution in [0, 0.1) is 0 Å². The third kappa shape index (κ3) is 4.29. The second-order valence-electron chi connectivity index (χ2n) is 5.19. The molecule has 0 spiro atoms. The Labute approximate surface area is 140 Å². The van der Waals surface area contributed by atoms with E-state index in [9.17, 15) is 0 Å². The van der Waals surface area contributed by atoms with Gasteiger partial charge in [0.1, 0.15) is 12.4 Å². The average Bonchev–Trinajstić information content (AvgIpc) is 2.46. The molecule has 0 bridgehead atoms. The van der Waals surface area contributed by atoms with Crippen LogP contribution in [0.4, 0.5) is 0 Å². The Morgan fingerprint density at radius 1 is 1.05 bits per heavy atom. The highest BCUT2D eigenvalue weighted by Gasteiger charge is 2.10. The molecule has 2 aromatic carbocycles. The Morgan fingerprint density at radius 2 is 1.71 bits per heavy atom. The second kappa shape index (κ2) is 7.40. The summed E-state index contributed by atoms with van der Waals surface area (Å²) in [6.07, 6.45) is 0. The number of hydrogen-bond acceptors (Lipinski definition) is 1. The van der Waals surface area contributed by atoms with Crippen molar-refractivity contribution in [3.05, 3.63) is 63.1 Å². The van der Waals surface area contributed by atoms with Gasteiger partial charge in [0, 0.05) is 10.6 Å². The number of ether oxygens (including phenoxy) is 1. The first-order valence-electron chi connectivity index (χ1n) is 6.76. The third-order valence-corrected chi connectivity index (χ3v) is 4.05. The van der Waals surface area contributed by atoms with Gasteiger partial charge in [-0.25, -0.2) is 0 Å². The fraction of sp³-hybridized carbons (Fsp3) is 0.294. The predicted octanol–water partition coefficient (Wildman–Crippen LogP) is 6.43. The van der Waals surface area contributed by atoms with E-state index in [2.05, 4.69) is 38.1 Å². The molecule has 0 aliphatic carbocycles. The van der Waals surface area contributed by atoms with Gasteiger partial charge in [0.2, 0.25) is 0 Å². The first-order valence-corrected chi connectivity index (χ1v) is 8.06. The van der Waals surface area contributed by atoms with Crippen molar-refractivity contribution in [2.75, 3.05) is 0 Å². The van der Waals surface area contributed by atoms with Gasteiger partial charge in [0.25, 0.3) is 0 Å². The molecule has 0 atom stereocenters. The van der Waals surface area contributed by atoms with Crippen LogP contribution in [0.15, 0.2) is 36.4 Å². The highest BCUT2D eigenvalue weighted by Crippen LogP contribution is 2.34. The fourth-order valence-electron chi connectivity index (χ4n) is 2.03. The molecule has 0 fully saturated rings. The normalized spacial score (nSPS) is 11.0. The van der Waals surface area contributed by atoms with Crippen molar-refractivity contribution < 1.29 is 4.74 Å². The number of alkyl halides is 1. The molecule has 0 aromatic heterocycles. The highest BCUT2D eigenvalue weighted by molar-refractivity contribution is 6.36. The molecule has 112 valence electrons. The van der Waals surface area contributed by atoms with Gasteiger partial charge in [-0.1, -0.05) is 61.3 Å². The van der Waals surface area contributed by atoms with E-state index in [0.717, 1.165) is 11.1 Å². The molecular formula is C17H17Cl3O. The van der Waals surface area contributed by atoms with Gasteiger partial charge in [0.05, 0.1) is 10.9 Å². The second-order valence-corrected chi connectivity index (χ2v) is 6.31. The van der Waals surface area contributed by atoms with Crippen molar-refractivity contribution in [3.8, 4) is 5.75 Å². The standard InChI is InChI=1S/C17H17Cl3O/c1-11(2)13-5-3-12(4-6-13)10-21-17-14(9-18)7-15(19)8-16(17)20/h3-8,11H,9-10H2,1-2H3. The van der Waals surface area contributed by atoms with Gasteiger partial charge in [-0.2, -0.15) is 0 Å². The van der Waals surface area contributed by atoms with Crippen molar-refractivity contribution in [2.45, 2.75) is 32.3 Å². The van der Waals surface area contributed by atoms with E-state index in [1.165, 1.54) is 5.56 Å². The van der Waals surface area contributed by atoms with Gasteiger partial charge >= 0.3 is 0 Å². The van der Waals surface area contributed by atoms with Crippen LogP contribution in [0.25, 0.3) is 0 Å². The maximum atomic E-state index is 6.18. The third-order valence-electron chi connectivity index (χ3n) is 3.26. The Hall–Kier alpha value is -0.890. The van der Waals surface area contributed by atoms with Crippen molar-refractivity contribution in [2.24, 2.45) is 0 Å². The molecule has 1 nitrogen and oxygen atoms in total. The molecule has 0 aliphatic rings. The summed E-state index contributed by atoms with van der Waals surface area (Å²) in [5.74, 6) is 1.43. The van der Waals surface area contributed by atoms with Gasteiger partial charge in [0.15, 0.2) is 0 Å². The number of rotatable bonds is 5. The summed E-state index contributed by atoms with van der Waals surface area (Å²) in [4.78, 5) is 0. The van der Waals surface area contributed by atoms with E-state index < -0.39 is 0 Å². The lowest BCUT2D eigenvalue weighted by atomic mass is 10.0. The molecule has 0 saturated heterocycles. The number of benzene rings is 2. The molecule has 0 saturated carbocycles. The minimum absolute atomic E-state index is 0.307. The largest absolute Gasteiger partial charge is 0.487 e. The molecule has 0 heterocycles. The zero-order chi connectivity index (χ0) is 15.4. The highest BCUT2D eigenvalue weighted by atomic mass is 35.5. The van der Waals surface area contributed by atoms with Crippen LogP contribution in [-0.4, -0.2) is 0 Å². The Morgan fingerprint density at radius 3 is 2.29 bits per heavy atom. The minimum Gasteiger partial charge on any atom is -0.487 e. The number of halogens is 3. The summed E-state index contributed by atoms with van der Waals surface area (Å²) in [7, 11) is 0. The molecule has 2 aromatic rings. The van der Waals surface area contributed by atoms with Crippen LogP contribution in [0.1, 0.15) is 36.5 Å². The zero-order valence-electron chi connectivity index (χ0n) is 12.0. The van der Waals surface area contributed by atoms with Crippen LogP contribution < -0.4 is 4.74 Å². The Kier molecular flexibility index (Phi) is 5.80. The van der Waals surface area contributed by atoms with E-state index in [0.29, 0.717) is 34.2 Å². The predicted molar refractivity (Wildman–Crippen MR) is 90.9 cm³/mol. The summed E-state index contributed by atoms with van der Waals surface area (Å²) in [5.41, 5.74) is 3.20. The Bertz CT molecular complexity index is 606. The van der Waals surface area contributed by atoms with Crippen molar-refractivity contribution >= 4 is 34.8 Å². The average molecular weight is 344 g/mol. The van der Waals surface area contributed by atoms with Gasteiger partial charge in [-0.3, -0.25) is 0 Å². The molecule has 4 heteroatoms. The summed E-state index contributed by atoms with van der Waals surface area (Å²) in [6, 6.07) is 11.8. The summed E-state index contributed by atoms with van der Waals surface area (Å²) >= 11 is 18.1. The van der Waals surface area contributed by atoms with Gasteiger partial charge in [-0.15, -0.1) is 11.6 Å².